The van der Waals surface area contributed by atoms with Crippen LogP contribution < -0.4 is 0 Å². The summed E-state index contributed by atoms with van der Waals surface area (Å²) in [6.45, 7) is 14.9. The molecular formula is C42H80. The third-order valence-electron chi connectivity index (χ3n) is 13.1. The first-order valence-electron chi connectivity index (χ1n) is 20.3. The highest BCUT2D eigenvalue weighted by Crippen LogP contribution is 2.49. The summed E-state index contributed by atoms with van der Waals surface area (Å²) in [5.74, 6) is 8.34. The smallest absolute Gasteiger partial charge is 0.0323 e. The Bertz CT molecular complexity index is 655. The third-order valence-corrected chi connectivity index (χ3v) is 13.1. The molecule has 0 nitrogen and oxygen atoms in total. The highest BCUT2D eigenvalue weighted by Gasteiger charge is 2.39. The zero-order valence-corrected chi connectivity index (χ0v) is 30.2. The van der Waals surface area contributed by atoms with Crippen molar-refractivity contribution in [2.24, 2.45) is 52.8 Å². The van der Waals surface area contributed by atoms with Crippen molar-refractivity contribution >= 4 is 0 Å². The van der Waals surface area contributed by atoms with E-state index in [9.17, 15) is 0 Å². The summed E-state index contributed by atoms with van der Waals surface area (Å²) >= 11 is 0. The first-order chi connectivity index (χ1) is 20.3. The maximum Gasteiger partial charge on any atom is -0.0323 e. The third kappa shape index (κ3) is 14.9. The van der Waals surface area contributed by atoms with Crippen molar-refractivity contribution in [1.82, 2.24) is 0 Å². The van der Waals surface area contributed by atoms with Crippen LogP contribution in [0.1, 0.15) is 215 Å². The maximum atomic E-state index is 2.63. The molecule has 3 aliphatic rings. The Morgan fingerprint density at radius 1 is 0.643 bits per heavy atom. The van der Waals surface area contributed by atoms with E-state index in [-0.39, 0.29) is 0 Å². The molecule has 0 heterocycles. The lowest BCUT2D eigenvalue weighted by Crippen LogP contribution is -2.26. The second-order valence-corrected chi connectivity index (χ2v) is 17.4. The molecule has 0 aromatic rings. The molecule has 0 N–H and O–H groups in total. The van der Waals surface area contributed by atoms with Gasteiger partial charge in [-0.2, -0.15) is 0 Å². The minimum Gasteiger partial charge on any atom is -0.0654 e. The van der Waals surface area contributed by atoms with E-state index in [2.05, 4.69) is 41.5 Å². The first kappa shape index (κ1) is 36.5. The predicted octanol–water partition coefficient (Wildman–Crippen LogP) is 14.6. The minimum atomic E-state index is 0.657. The predicted molar refractivity (Wildman–Crippen MR) is 189 cm³/mol. The fourth-order valence-electron chi connectivity index (χ4n) is 9.37. The van der Waals surface area contributed by atoms with E-state index in [1.54, 1.807) is 25.7 Å². The molecule has 7 atom stereocenters. The Morgan fingerprint density at radius 3 is 1.81 bits per heavy atom. The van der Waals surface area contributed by atoms with E-state index in [1.165, 1.54) is 148 Å². The topological polar surface area (TPSA) is 0 Å². The Balaban J connectivity index is 1.10. The van der Waals surface area contributed by atoms with Crippen molar-refractivity contribution in [3.63, 3.8) is 0 Å². The van der Waals surface area contributed by atoms with Crippen LogP contribution in [-0.4, -0.2) is 0 Å². The lowest BCUT2D eigenvalue weighted by molar-refractivity contribution is 0.129. The van der Waals surface area contributed by atoms with Gasteiger partial charge in [-0.1, -0.05) is 176 Å². The molecule has 0 heteroatoms. The van der Waals surface area contributed by atoms with Crippen molar-refractivity contribution < 1.29 is 0 Å². The average molecular weight is 585 g/mol. The molecule has 0 saturated heterocycles. The van der Waals surface area contributed by atoms with Crippen molar-refractivity contribution in [3.05, 3.63) is 0 Å². The highest BCUT2D eigenvalue weighted by atomic mass is 14.4. The molecule has 42 heavy (non-hydrogen) atoms. The van der Waals surface area contributed by atoms with Gasteiger partial charge in [0.2, 0.25) is 0 Å². The van der Waals surface area contributed by atoms with Crippen LogP contribution in [-0.2, 0) is 0 Å². The minimum absolute atomic E-state index is 0.657. The van der Waals surface area contributed by atoms with Gasteiger partial charge in [-0.15, -0.1) is 0 Å². The number of hydrogen-bond acceptors (Lipinski definition) is 0. The normalized spacial score (nSPS) is 31.1. The maximum absolute atomic E-state index is 2.63. The zero-order chi connectivity index (χ0) is 30.2. The molecule has 3 aliphatic carbocycles. The molecule has 0 spiro atoms. The summed E-state index contributed by atoms with van der Waals surface area (Å²) in [6, 6.07) is 0. The van der Waals surface area contributed by atoms with E-state index in [0.29, 0.717) is 5.41 Å². The van der Waals surface area contributed by atoms with Gasteiger partial charge in [0.25, 0.3) is 0 Å². The van der Waals surface area contributed by atoms with Crippen LogP contribution in [0.5, 0.6) is 0 Å². The quantitative estimate of drug-likeness (QED) is 0.0887. The van der Waals surface area contributed by atoms with E-state index >= 15 is 0 Å². The monoisotopic (exact) mass is 585 g/mol. The van der Waals surface area contributed by atoms with Gasteiger partial charge in [0.15, 0.2) is 0 Å². The number of unbranched alkanes of at least 4 members (excludes halogenated alkanes) is 10. The highest BCUT2D eigenvalue weighted by molar-refractivity contribution is 4.89. The molecule has 0 aromatic carbocycles. The van der Waals surface area contributed by atoms with Crippen LogP contribution in [0.4, 0.5) is 0 Å². The van der Waals surface area contributed by atoms with Crippen LogP contribution >= 0.6 is 0 Å². The van der Waals surface area contributed by atoms with Crippen LogP contribution in [0.25, 0.3) is 0 Å². The molecule has 0 bridgehead atoms. The summed E-state index contributed by atoms with van der Waals surface area (Å²) in [7, 11) is 0. The second kappa shape index (κ2) is 20.2. The van der Waals surface area contributed by atoms with E-state index in [0.717, 1.165) is 47.3 Å². The summed E-state index contributed by atoms with van der Waals surface area (Å²) in [4.78, 5) is 0. The molecular weight excluding hydrogens is 504 g/mol. The molecule has 248 valence electrons. The Hall–Kier alpha value is 0. The van der Waals surface area contributed by atoms with E-state index < -0.39 is 0 Å². The molecule has 7 unspecified atom stereocenters. The summed E-state index contributed by atoms with van der Waals surface area (Å²) in [6.07, 6.45) is 40.5. The lowest BCUT2D eigenvalue weighted by Gasteiger charge is -2.39. The SMILES string of the molecule is CCCCC(CCCC(C)CC1CC1CCCCCCCCCCCCC1CC1C(C)CC)CC1(C)CCC(C)CC1. The zero-order valence-electron chi connectivity index (χ0n) is 30.2. The van der Waals surface area contributed by atoms with Gasteiger partial charge >= 0.3 is 0 Å². The van der Waals surface area contributed by atoms with Gasteiger partial charge in [-0.3, -0.25) is 0 Å². The fraction of sp³-hybridized carbons (Fsp3) is 1.00. The standard InChI is InChI=1S/C42H80/c1-7-9-22-37(33-42(6)28-26-34(3)27-29-42)23-20-21-35(4)30-40-31-38(40)24-18-16-14-12-10-11-13-15-17-19-25-39-32-41(39)36(5)8-2/h34-41H,7-33H2,1-6H3. The molecule has 3 rings (SSSR count). The van der Waals surface area contributed by atoms with Crippen LogP contribution in [0.2, 0.25) is 0 Å². The Morgan fingerprint density at radius 2 is 1.21 bits per heavy atom. The van der Waals surface area contributed by atoms with E-state index in [1.807, 2.05) is 0 Å². The van der Waals surface area contributed by atoms with Gasteiger partial charge in [0.1, 0.15) is 0 Å². The summed E-state index contributed by atoms with van der Waals surface area (Å²) < 4.78 is 0. The van der Waals surface area contributed by atoms with Crippen molar-refractivity contribution in [2.75, 3.05) is 0 Å². The summed E-state index contributed by atoms with van der Waals surface area (Å²) in [5, 5.41) is 0. The second-order valence-electron chi connectivity index (χ2n) is 17.4. The molecule has 0 amide bonds. The number of hydrogen-bond donors (Lipinski definition) is 0. The number of rotatable bonds is 26. The van der Waals surface area contributed by atoms with Crippen molar-refractivity contribution in [1.29, 1.82) is 0 Å². The van der Waals surface area contributed by atoms with Crippen LogP contribution in [0, 0.1) is 52.8 Å². The molecule has 0 aliphatic heterocycles. The first-order valence-corrected chi connectivity index (χ1v) is 20.3. The van der Waals surface area contributed by atoms with Gasteiger partial charge in [0.05, 0.1) is 0 Å². The van der Waals surface area contributed by atoms with Gasteiger partial charge in [-0.05, 0) is 91.3 Å². The lowest BCUT2D eigenvalue weighted by atomic mass is 9.67. The average Bonchev–Trinajstić information content (AvgIpc) is 3.90. The van der Waals surface area contributed by atoms with Crippen LogP contribution in [0.3, 0.4) is 0 Å². The molecule has 3 fully saturated rings. The molecule has 0 aromatic heterocycles. The van der Waals surface area contributed by atoms with Gasteiger partial charge in [-0.25, -0.2) is 0 Å². The van der Waals surface area contributed by atoms with Crippen molar-refractivity contribution in [2.45, 2.75) is 215 Å². The van der Waals surface area contributed by atoms with E-state index in [4.69, 9.17) is 0 Å². The molecule has 3 saturated carbocycles. The van der Waals surface area contributed by atoms with Gasteiger partial charge in [0, 0.05) is 0 Å². The Kier molecular flexibility index (Phi) is 17.5. The van der Waals surface area contributed by atoms with Crippen LogP contribution in [0.15, 0.2) is 0 Å². The van der Waals surface area contributed by atoms with Gasteiger partial charge < -0.3 is 0 Å². The largest absolute Gasteiger partial charge is 0.0654 e. The van der Waals surface area contributed by atoms with Crippen molar-refractivity contribution in [3.8, 4) is 0 Å². The summed E-state index contributed by atoms with van der Waals surface area (Å²) in [5.41, 5.74) is 0.657. The molecule has 0 radical (unpaired) electrons. The Labute approximate surface area is 267 Å². The fourth-order valence-corrected chi connectivity index (χ4v) is 9.37.